The van der Waals surface area contributed by atoms with Crippen molar-refractivity contribution in [1.82, 2.24) is 4.72 Å². The van der Waals surface area contributed by atoms with Gasteiger partial charge in [0.2, 0.25) is 10.0 Å². The van der Waals surface area contributed by atoms with Gasteiger partial charge in [0.1, 0.15) is 5.02 Å². The molecule has 134 valence electrons. The van der Waals surface area contributed by atoms with E-state index in [9.17, 15) is 18.5 Å². The highest BCUT2D eigenvalue weighted by molar-refractivity contribution is 7.89. The third kappa shape index (κ3) is 3.94. The van der Waals surface area contributed by atoms with Crippen LogP contribution in [0.15, 0.2) is 70.9 Å². The van der Waals surface area contributed by atoms with Gasteiger partial charge in [0, 0.05) is 10.9 Å². The van der Waals surface area contributed by atoms with Gasteiger partial charge in [-0.3, -0.25) is 10.1 Å². The zero-order valence-corrected chi connectivity index (χ0v) is 15.6. The van der Waals surface area contributed by atoms with Gasteiger partial charge in [-0.25, -0.2) is 8.42 Å². The largest absolute Gasteiger partial charge is 0.289 e. The van der Waals surface area contributed by atoms with E-state index in [1.807, 2.05) is 47.8 Å². The Balaban J connectivity index is 2.01. The van der Waals surface area contributed by atoms with E-state index in [2.05, 4.69) is 4.72 Å². The lowest BCUT2D eigenvalue weighted by atomic mass is 10.1. The average Bonchev–Trinajstić information content (AvgIpc) is 3.15. The lowest BCUT2D eigenvalue weighted by Gasteiger charge is -2.18. The Hall–Kier alpha value is -2.26. The van der Waals surface area contributed by atoms with Crippen LogP contribution in [0.2, 0.25) is 5.02 Å². The van der Waals surface area contributed by atoms with E-state index in [4.69, 9.17) is 11.6 Å². The van der Waals surface area contributed by atoms with Crippen molar-refractivity contribution >= 4 is 38.6 Å². The number of rotatable bonds is 6. The van der Waals surface area contributed by atoms with Crippen LogP contribution < -0.4 is 4.72 Å². The first-order valence-electron chi connectivity index (χ1n) is 7.43. The Morgan fingerprint density at radius 3 is 2.42 bits per heavy atom. The summed E-state index contributed by atoms with van der Waals surface area (Å²) in [5.74, 6) is 0. The molecule has 0 unspecified atom stereocenters. The monoisotopic (exact) mass is 408 g/mol. The van der Waals surface area contributed by atoms with Crippen molar-refractivity contribution in [3.8, 4) is 0 Å². The molecule has 1 aromatic heterocycles. The molecule has 0 aliphatic heterocycles. The Morgan fingerprint density at radius 2 is 1.81 bits per heavy atom. The van der Waals surface area contributed by atoms with Gasteiger partial charge in [0.15, 0.2) is 0 Å². The van der Waals surface area contributed by atoms with Crippen molar-refractivity contribution in [2.75, 3.05) is 0 Å². The molecule has 0 saturated heterocycles. The summed E-state index contributed by atoms with van der Waals surface area (Å²) in [6.45, 7) is 0. The number of halogens is 1. The van der Waals surface area contributed by atoms with Crippen LogP contribution in [0.3, 0.4) is 0 Å². The van der Waals surface area contributed by atoms with Crippen LogP contribution in [0.25, 0.3) is 0 Å². The van der Waals surface area contributed by atoms with Gasteiger partial charge in [-0.15, -0.1) is 11.3 Å². The quantitative estimate of drug-likeness (QED) is 0.484. The molecule has 0 saturated carbocycles. The molecule has 0 aliphatic rings. The van der Waals surface area contributed by atoms with Crippen LogP contribution >= 0.6 is 22.9 Å². The van der Waals surface area contributed by atoms with Crippen molar-refractivity contribution in [1.29, 1.82) is 0 Å². The lowest BCUT2D eigenvalue weighted by Crippen LogP contribution is -2.29. The summed E-state index contributed by atoms with van der Waals surface area (Å²) in [6, 6.07) is 15.6. The van der Waals surface area contributed by atoms with Gasteiger partial charge in [0.25, 0.3) is 5.69 Å². The minimum Gasteiger partial charge on any atom is -0.258 e. The highest BCUT2D eigenvalue weighted by atomic mass is 35.5. The molecule has 6 nitrogen and oxygen atoms in total. The number of hydrogen-bond acceptors (Lipinski definition) is 5. The Kier molecular flexibility index (Phi) is 5.38. The lowest BCUT2D eigenvalue weighted by molar-refractivity contribution is -0.384. The first-order valence-corrected chi connectivity index (χ1v) is 10.2. The molecule has 1 N–H and O–H groups in total. The standard InChI is InChI=1S/C17H13ClN2O4S2/c18-14-9-8-13(11-15(14)20(21)22)26(23,24)19-17(16-7-4-10-25-16)12-5-2-1-3-6-12/h1-11,17,19H/t17-/m0/s1. The smallest absolute Gasteiger partial charge is 0.258 e. The average molecular weight is 409 g/mol. The summed E-state index contributed by atoms with van der Waals surface area (Å²) in [4.78, 5) is 10.9. The first kappa shape index (κ1) is 18.5. The van der Waals surface area contributed by atoms with Crippen molar-refractivity contribution in [2.24, 2.45) is 0 Å². The van der Waals surface area contributed by atoms with Crippen molar-refractivity contribution in [3.63, 3.8) is 0 Å². The highest BCUT2D eigenvalue weighted by Gasteiger charge is 2.26. The maximum absolute atomic E-state index is 12.8. The zero-order chi connectivity index (χ0) is 18.7. The van der Waals surface area contributed by atoms with Gasteiger partial charge < -0.3 is 0 Å². The normalized spacial score (nSPS) is 12.7. The second-order valence-electron chi connectivity index (χ2n) is 5.35. The molecular weight excluding hydrogens is 396 g/mol. The Labute approximate surface area is 159 Å². The van der Waals surface area contributed by atoms with E-state index >= 15 is 0 Å². The number of nitrogens with zero attached hydrogens (tertiary/aromatic N) is 1. The summed E-state index contributed by atoms with van der Waals surface area (Å²) in [6.07, 6.45) is 0. The van der Waals surface area contributed by atoms with E-state index in [0.29, 0.717) is 0 Å². The highest BCUT2D eigenvalue weighted by Crippen LogP contribution is 2.30. The molecule has 3 rings (SSSR count). The predicted molar refractivity (Wildman–Crippen MR) is 101 cm³/mol. The van der Waals surface area contributed by atoms with Crippen LogP contribution in [0.1, 0.15) is 16.5 Å². The summed E-state index contributed by atoms with van der Waals surface area (Å²) < 4.78 is 28.3. The van der Waals surface area contributed by atoms with Crippen LogP contribution in [0, 0.1) is 10.1 Å². The predicted octanol–water partition coefficient (Wildman–Crippen LogP) is 4.38. The van der Waals surface area contributed by atoms with Crippen molar-refractivity contribution < 1.29 is 13.3 Å². The number of hydrogen-bond donors (Lipinski definition) is 1. The third-order valence-electron chi connectivity index (χ3n) is 3.66. The molecule has 0 aliphatic carbocycles. The molecule has 0 spiro atoms. The number of sulfonamides is 1. The first-order chi connectivity index (χ1) is 12.4. The third-order valence-corrected chi connectivity index (χ3v) is 6.34. The van der Waals surface area contributed by atoms with Gasteiger partial charge in [-0.2, -0.15) is 4.72 Å². The van der Waals surface area contributed by atoms with Gasteiger partial charge >= 0.3 is 0 Å². The Bertz CT molecular complexity index is 1020. The summed E-state index contributed by atoms with van der Waals surface area (Å²) in [7, 11) is -4.01. The summed E-state index contributed by atoms with van der Waals surface area (Å²) in [5.41, 5.74) is 0.309. The molecule has 1 heterocycles. The second kappa shape index (κ2) is 7.55. The van der Waals surface area contributed by atoms with Crippen LogP contribution in [0.5, 0.6) is 0 Å². The molecule has 26 heavy (non-hydrogen) atoms. The minimum atomic E-state index is -4.01. The SMILES string of the molecule is O=[N+]([O-])c1cc(S(=O)(=O)N[C@@H](c2ccccc2)c2cccs2)ccc1Cl. The van der Waals surface area contributed by atoms with E-state index in [1.54, 1.807) is 0 Å². The van der Waals surface area contributed by atoms with Gasteiger partial charge in [0.05, 0.1) is 15.9 Å². The number of benzene rings is 2. The fourth-order valence-corrected chi connectivity index (χ4v) is 4.70. The Morgan fingerprint density at radius 1 is 1.08 bits per heavy atom. The molecule has 9 heteroatoms. The molecule has 0 radical (unpaired) electrons. The molecule has 3 aromatic rings. The fraction of sp³-hybridized carbons (Fsp3) is 0.0588. The van der Waals surface area contributed by atoms with Crippen LogP contribution in [-0.4, -0.2) is 13.3 Å². The molecule has 0 fully saturated rings. The van der Waals surface area contributed by atoms with E-state index in [0.717, 1.165) is 16.5 Å². The molecule has 0 bridgehead atoms. The summed E-state index contributed by atoms with van der Waals surface area (Å²) >= 11 is 7.18. The zero-order valence-electron chi connectivity index (χ0n) is 13.2. The van der Waals surface area contributed by atoms with E-state index < -0.39 is 26.7 Å². The molecular formula is C17H13ClN2O4S2. The molecule has 2 aromatic carbocycles. The summed E-state index contributed by atoms with van der Waals surface area (Å²) in [5, 5.41) is 12.8. The fourth-order valence-electron chi connectivity index (χ4n) is 2.41. The maximum atomic E-state index is 12.8. The van der Waals surface area contributed by atoms with Gasteiger partial charge in [-0.05, 0) is 29.1 Å². The van der Waals surface area contributed by atoms with Crippen molar-refractivity contribution in [3.05, 3.63) is 91.6 Å². The minimum absolute atomic E-state index is 0.119. The number of nitrogens with one attached hydrogen (secondary N) is 1. The van der Waals surface area contributed by atoms with E-state index in [-0.39, 0.29) is 9.92 Å². The number of nitro groups is 1. The maximum Gasteiger partial charge on any atom is 0.289 e. The number of nitro benzene ring substituents is 1. The second-order valence-corrected chi connectivity index (χ2v) is 8.45. The molecule has 1 atom stereocenters. The number of thiophene rings is 1. The molecule has 0 amide bonds. The van der Waals surface area contributed by atoms with Crippen LogP contribution in [0.4, 0.5) is 5.69 Å². The van der Waals surface area contributed by atoms with E-state index in [1.165, 1.54) is 23.5 Å². The topological polar surface area (TPSA) is 89.3 Å². The van der Waals surface area contributed by atoms with Crippen LogP contribution in [-0.2, 0) is 10.0 Å². The van der Waals surface area contributed by atoms with Gasteiger partial charge in [-0.1, -0.05) is 48.0 Å². The van der Waals surface area contributed by atoms with Crippen molar-refractivity contribution in [2.45, 2.75) is 10.9 Å².